The Bertz CT molecular complexity index is 770. The van der Waals surface area contributed by atoms with Gasteiger partial charge in [-0.2, -0.15) is 5.10 Å². The summed E-state index contributed by atoms with van der Waals surface area (Å²) in [5.74, 6) is -0.854. The van der Waals surface area contributed by atoms with Gasteiger partial charge in [0, 0.05) is 17.8 Å². The van der Waals surface area contributed by atoms with E-state index < -0.39 is 12.1 Å². The van der Waals surface area contributed by atoms with Gasteiger partial charge in [0.05, 0.1) is 25.3 Å². The first-order valence-corrected chi connectivity index (χ1v) is 8.29. The van der Waals surface area contributed by atoms with Crippen molar-refractivity contribution in [2.45, 2.75) is 31.8 Å². The van der Waals surface area contributed by atoms with Crippen molar-refractivity contribution in [3.63, 3.8) is 0 Å². The summed E-state index contributed by atoms with van der Waals surface area (Å²) in [6.07, 6.45) is 1.55. The number of nitrogens with zero attached hydrogens (tertiary/aromatic N) is 2. The van der Waals surface area contributed by atoms with Gasteiger partial charge in [-0.3, -0.25) is 9.59 Å². The lowest BCUT2D eigenvalue weighted by molar-refractivity contribution is -0.142. The molecule has 132 valence electrons. The van der Waals surface area contributed by atoms with Crippen LogP contribution in [0.3, 0.4) is 0 Å². The number of esters is 1. The third kappa shape index (κ3) is 3.71. The van der Waals surface area contributed by atoms with E-state index in [0.29, 0.717) is 5.69 Å². The van der Waals surface area contributed by atoms with Gasteiger partial charge in [-0.1, -0.05) is 18.2 Å². The molecule has 2 aromatic rings. The molecular formula is C18H21N3O4. The highest BCUT2D eigenvalue weighted by molar-refractivity contribution is 5.94. The van der Waals surface area contributed by atoms with Crippen molar-refractivity contribution in [2.24, 2.45) is 0 Å². The van der Waals surface area contributed by atoms with E-state index in [9.17, 15) is 14.7 Å². The second kappa shape index (κ2) is 7.48. The van der Waals surface area contributed by atoms with E-state index >= 15 is 0 Å². The van der Waals surface area contributed by atoms with Gasteiger partial charge in [0.1, 0.15) is 0 Å². The predicted molar refractivity (Wildman–Crippen MR) is 90.6 cm³/mol. The Balaban J connectivity index is 1.74. The summed E-state index contributed by atoms with van der Waals surface area (Å²) in [6, 6.07) is 9.70. The Morgan fingerprint density at radius 1 is 1.32 bits per heavy atom. The van der Waals surface area contributed by atoms with Gasteiger partial charge < -0.3 is 15.2 Å². The number of aliphatic hydroxyl groups excluding tert-OH is 1. The summed E-state index contributed by atoms with van der Waals surface area (Å²) in [6.45, 7) is -0.0269. The van der Waals surface area contributed by atoms with Crippen LogP contribution in [0, 0.1) is 0 Å². The molecule has 0 fully saturated rings. The SMILES string of the molecule is COC(=O)CC(O)CNC(=O)c1nn(-c2ccccc2)c2c1CCC2. The van der Waals surface area contributed by atoms with Gasteiger partial charge in [-0.15, -0.1) is 0 Å². The minimum Gasteiger partial charge on any atom is -0.469 e. The van der Waals surface area contributed by atoms with Crippen molar-refractivity contribution < 1.29 is 19.4 Å². The van der Waals surface area contributed by atoms with E-state index in [2.05, 4.69) is 15.2 Å². The van der Waals surface area contributed by atoms with E-state index in [4.69, 9.17) is 0 Å². The summed E-state index contributed by atoms with van der Waals surface area (Å²) in [5.41, 5.74) is 3.34. The lowest BCUT2D eigenvalue weighted by Gasteiger charge is -2.10. The zero-order chi connectivity index (χ0) is 17.8. The van der Waals surface area contributed by atoms with Gasteiger partial charge in [-0.05, 0) is 31.4 Å². The molecule has 1 aliphatic carbocycles. The number of carbonyl (C=O) groups excluding carboxylic acids is 2. The molecule has 1 heterocycles. The first-order valence-electron chi connectivity index (χ1n) is 8.29. The first-order chi connectivity index (χ1) is 12.1. The Labute approximate surface area is 145 Å². The number of methoxy groups -OCH3 is 1. The number of hydrogen-bond acceptors (Lipinski definition) is 5. The van der Waals surface area contributed by atoms with Crippen molar-refractivity contribution in [2.75, 3.05) is 13.7 Å². The first kappa shape index (κ1) is 17.2. The van der Waals surface area contributed by atoms with Crippen molar-refractivity contribution in [3.05, 3.63) is 47.3 Å². The van der Waals surface area contributed by atoms with Crippen molar-refractivity contribution in [1.82, 2.24) is 15.1 Å². The van der Waals surface area contributed by atoms with Crippen LogP contribution < -0.4 is 5.32 Å². The molecular weight excluding hydrogens is 322 g/mol. The van der Waals surface area contributed by atoms with Crippen LogP contribution in [0.15, 0.2) is 30.3 Å². The molecule has 0 spiro atoms. The van der Waals surface area contributed by atoms with Crippen LogP contribution in [0.5, 0.6) is 0 Å². The van der Waals surface area contributed by atoms with Crippen molar-refractivity contribution in [3.8, 4) is 5.69 Å². The van der Waals surface area contributed by atoms with E-state index in [0.717, 1.165) is 36.2 Å². The second-order valence-electron chi connectivity index (χ2n) is 6.02. The van der Waals surface area contributed by atoms with Crippen molar-refractivity contribution in [1.29, 1.82) is 0 Å². The molecule has 1 amide bonds. The molecule has 1 aliphatic rings. The third-order valence-corrected chi connectivity index (χ3v) is 4.27. The number of para-hydroxylation sites is 1. The standard InChI is InChI=1S/C18H21N3O4/c1-25-16(23)10-13(22)11-19-18(24)17-14-8-5-9-15(14)21(20-17)12-6-3-2-4-7-12/h2-4,6-7,13,22H,5,8-11H2,1H3,(H,19,24). The summed E-state index contributed by atoms with van der Waals surface area (Å²) < 4.78 is 6.32. The normalized spacial score (nSPS) is 14.0. The third-order valence-electron chi connectivity index (χ3n) is 4.27. The number of ether oxygens (including phenoxy) is 1. The summed E-state index contributed by atoms with van der Waals surface area (Å²) in [4.78, 5) is 23.6. The Kier molecular flexibility index (Phi) is 5.14. The average molecular weight is 343 g/mol. The highest BCUT2D eigenvalue weighted by atomic mass is 16.5. The number of fused-ring (bicyclic) bond motifs is 1. The number of benzene rings is 1. The van der Waals surface area contributed by atoms with E-state index in [1.807, 2.05) is 35.0 Å². The molecule has 0 aliphatic heterocycles. The quantitative estimate of drug-likeness (QED) is 0.764. The molecule has 0 radical (unpaired) electrons. The second-order valence-corrected chi connectivity index (χ2v) is 6.02. The Hall–Kier alpha value is -2.67. The highest BCUT2D eigenvalue weighted by Gasteiger charge is 2.27. The van der Waals surface area contributed by atoms with Crippen molar-refractivity contribution >= 4 is 11.9 Å². The molecule has 1 atom stereocenters. The van der Waals surface area contributed by atoms with Gasteiger partial charge in [0.15, 0.2) is 5.69 Å². The van der Waals surface area contributed by atoms with Gasteiger partial charge in [-0.25, -0.2) is 4.68 Å². The molecule has 7 nitrogen and oxygen atoms in total. The van der Waals surface area contributed by atoms with Crippen LogP contribution in [0.2, 0.25) is 0 Å². The zero-order valence-electron chi connectivity index (χ0n) is 14.1. The number of nitrogens with one attached hydrogen (secondary N) is 1. The van der Waals surface area contributed by atoms with Gasteiger partial charge in [0.25, 0.3) is 5.91 Å². The van der Waals surface area contributed by atoms with Gasteiger partial charge in [0.2, 0.25) is 0 Å². The number of carbonyl (C=O) groups is 2. The fourth-order valence-electron chi connectivity index (χ4n) is 3.04. The number of amides is 1. The monoisotopic (exact) mass is 343 g/mol. The molecule has 2 N–H and O–H groups in total. The minimum absolute atomic E-state index is 0.0269. The smallest absolute Gasteiger partial charge is 0.308 e. The van der Waals surface area contributed by atoms with Crippen LogP contribution in [-0.2, 0) is 22.4 Å². The van der Waals surface area contributed by atoms with Crippen LogP contribution >= 0.6 is 0 Å². The largest absolute Gasteiger partial charge is 0.469 e. The fraction of sp³-hybridized carbons (Fsp3) is 0.389. The Morgan fingerprint density at radius 2 is 2.08 bits per heavy atom. The van der Waals surface area contributed by atoms with Crippen LogP contribution in [0.4, 0.5) is 0 Å². The lowest BCUT2D eigenvalue weighted by Crippen LogP contribution is -2.34. The van der Waals surface area contributed by atoms with Gasteiger partial charge >= 0.3 is 5.97 Å². The number of aliphatic hydroxyl groups is 1. The maximum Gasteiger partial charge on any atom is 0.308 e. The number of aromatic nitrogens is 2. The molecule has 3 rings (SSSR count). The average Bonchev–Trinajstić information content (AvgIpc) is 3.22. The molecule has 25 heavy (non-hydrogen) atoms. The topological polar surface area (TPSA) is 93.4 Å². The molecule has 1 unspecified atom stereocenters. The lowest BCUT2D eigenvalue weighted by atomic mass is 10.2. The van der Waals surface area contributed by atoms with Crippen LogP contribution in [0.25, 0.3) is 5.69 Å². The molecule has 1 aromatic carbocycles. The van der Waals surface area contributed by atoms with E-state index in [1.54, 1.807) is 0 Å². The Morgan fingerprint density at radius 3 is 2.80 bits per heavy atom. The molecule has 0 saturated heterocycles. The zero-order valence-corrected chi connectivity index (χ0v) is 14.1. The van der Waals surface area contributed by atoms with E-state index in [-0.39, 0.29) is 18.9 Å². The minimum atomic E-state index is -0.986. The van der Waals surface area contributed by atoms with Crippen LogP contribution in [-0.4, -0.2) is 46.5 Å². The summed E-state index contributed by atoms with van der Waals surface area (Å²) >= 11 is 0. The number of rotatable bonds is 6. The summed E-state index contributed by atoms with van der Waals surface area (Å²) in [5, 5.41) is 16.9. The maximum absolute atomic E-state index is 12.5. The van der Waals surface area contributed by atoms with E-state index in [1.165, 1.54) is 7.11 Å². The highest BCUT2D eigenvalue weighted by Crippen LogP contribution is 2.27. The maximum atomic E-state index is 12.5. The molecule has 7 heteroatoms. The number of hydrogen-bond donors (Lipinski definition) is 2. The molecule has 0 bridgehead atoms. The van der Waals surface area contributed by atoms with Crippen LogP contribution in [0.1, 0.15) is 34.6 Å². The molecule has 0 saturated carbocycles. The fourth-order valence-corrected chi connectivity index (χ4v) is 3.04. The molecule has 1 aromatic heterocycles. The summed E-state index contributed by atoms with van der Waals surface area (Å²) in [7, 11) is 1.26. The predicted octanol–water partition coefficient (Wildman–Crippen LogP) is 1.01.